The van der Waals surface area contributed by atoms with Crippen LogP contribution in [0.4, 0.5) is 4.39 Å². The van der Waals surface area contributed by atoms with Gasteiger partial charge in [-0.15, -0.1) is 0 Å². The minimum Gasteiger partial charge on any atom is -0.351 e. The second-order valence-corrected chi connectivity index (χ2v) is 7.47. The molecule has 0 spiro atoms. The van der Waals surface area contributed by atoms with Crippen LogP contribution in [-0.4, -0.2) is 37.0 Å². The van der Waals surface area contributed by atoms with E-state index in [2.05, 4.69) is 5.32 Å². The Hall–Kier alpha value is -1.47. The zero-order chi connectivity index (χ0) is 16.2. The lowest BCUT2D eigenvalue weighted by molar-refractivity contribution is -0.124. The maximum Gasteiger partial charge on any atom is 0.238 e. The van der Waals surface area contributed by atoms with Gasteiger partial charge in [-0.2, -0.15) is 4.31 Å². The van der Waals surface area contributed by atoms with Gasteiger partial charge in [0.05, 0.1) is 5.75 Å². The van der Waals surface area contributed by atoms with Crippen LogP contribution < -0.4 is 5.32 Å². The van der Waals surface area contributed by atoms with E-state index in [1.54, 1.807) is 19.1 Å². The molecule has 122 valence electrons. The third-order valence-electron chi connectivity index (χ3n) is 3.68. The number of amides is 1. The summed E-state index contributed by atoms with van der Waals surface area (Å²) in [5.41, 5.74) is 0.648. The monoisotopic (exact) mass is 328 g/mol. The Kier molecular flexibility index (Phi) is 5.52. The molecule has 0 aliphatic carbocycles. The lowest BCUT2D eigenvalue weighted by Crippen LogP contribution is -2.46. The summed E-state index contributed by atoms with van der Waals surface area (Å²) in [6, 6.07) is 5.32. The van der Waals surface area contributed by atoms with Crippen LogP contribution in [0.25, 0.3) is 0 Å². The van der Waals surface area contributed by atoms with Crippen molar-refractivity contribution in [3.8, 4) is 0 Å². The first-order valence-corrected chi connectivity index (χ1v) is 9.06. The van der Waals surface area contributed by atoms with Crippen LogP contribution in [0, 0.1) is 5.82 Å². The number of hydrogen-bond acceptors (Lipinski definition) is 3. The zero-order valence-electron chi connectivity index (χ0n) is 12.6. The van der Waals surface area contributed by atoms with Gasteiger partial charge in [0.1, 0.15) is 11.9 Å². The van der Waals surface area contributed by atoms with E-state index in [1.807, 2.05) is 0 Å². The molecule has 7 heteroatoms. The molecule has 1 saturated heterocycles. The SMILES string of the molecule is CCCS(=O)(=O)N1CCCC1C(=O)NCc1cccc(F)c1. The predicted octanol–water partition coefficient (Wildman–Crippen LogP) is 1.65. The number of nitrogens with one attached hydrogen (secondary N) is 1. The molecule has 0 bridgehead atoms. The van der Waals surface area contributed by atoms with Gasteiger partial charge in [-0.3, -0.25) is 4.79 Å². The highest BCUT2D eigenvalue weighted by Crippen LogP contribution is 2.22. The Morgan fingerprint density at radius 1 is 1.45 bits per heavy atom. The predicted molar refractivity (Wildman–Crippen MR) is 82.1 cm³/mol. The van der Waals surface area contributed by atoms with E-state index >= 15 is 0 Å². The van der Waals surface area contributed by atoms with Gasteiger partial charge in [-0.25, -0.2) is 12.8 Å². The summed E-state index contributed by atoms with van der Waals surface area (Å²) in [5, 5.41) is 2.70. The van der Waals surface area contributed by atoms with E-state index < -0.39 is 16.1 Å². The highest BCUT2D eigenvalue weighted by Gasteiger charge is 2.37. The van der Waals surface area contributed by atoms with Crippen LogP contribution >= 0.6 is 0 Å². The van der Waals surface area contributed by atoms with Crippen molar-refractivity contribution < 1.29 is 17.6 Å². The molecule has 1 aromatic carbocycles. The molecule has 0 aromatic heterocycles. The molecule has 1 unspecified atom stereocenters. The average molecular weight is 328 g/mol. The van der Waals surface area contributed by atoms with E-state index in [-0.39, 0.29) is 24.0 Å². The molecule has 5 nitrogen and oxygen atoms in total. The normalized spacial score (nSPS) is 19.3. The van der Waals surface area contributed by atoms with Crippen molar-refractivity contribution >= 4 is 15.9 Å². The first-order valence-electron chi connectivity index (χ1n) is 7.45. The van der Waals surface area contributed by atoms with E-state index in [9.17, 15) is 17.6 Å². The van der Waals surface area contributed by atoms with Crippen molar-refractivity contribution in [1.82, 2.24) is 9.62 Å². The minimum atomic E-state index is -3.38. The highest BCUT2D eigenvalue weighted by atomic mass is 32.2. The number of benzene rings is 1. The lowest BCUT2D eigenvalue weighted by atomic mass is 10.2. The van der Waals surface area contributed by atoms with Gasteiger partial charge < -0.3 is 5.32 Å². The van der Waals surface area contributed by atoms with Crippen molar-refractivity contribution in [2.75, 3.05) is 12.3 Å². The topological polar surface area (TPSA) is 66.5 Å². The first-order chi connectivity index (χ1) is 10.4. The maximum atomic E-state index is 13.1. The van der Waals surface area contributed by atoms with Crippen LogP contribution in [0.5, 0.6) is 0 Å². The number of hydrogen-bond donors (Lipinski definition) is 1. The Morgan fingerprint density at radius 3 is 2.91 bits per heavy atom. The van der Waals surface area contributed by atoms with Crippen LogP contribution in [-0.2, 0) is 21.4 Å². The van der Waals surface area contributed by atoms with E-state index in [4.69, 9.17) is 0 Å². The molecular weight excluding hydrogens is 307 g/mol. The molecule has 0 radical (unpaired) electrons. The van der Waals surface area contributed by atoms with Gasteiger partial charge in [-0.05, 0) is 37.0 Å². The average Bonchev–Trinajstić information content (AvgIpc) is 2.95. The van der Waals surface area contributed by atoms with Gasteiger partial charge >= 0.3 is 0 Å². The number of rotatable bonds is 6. The van der Waals surface area contributed by atoms with Gasteiger partial charge in [0.2, 0.25) is 15.9 Å². The van der Waals surface area contributed by atoms with E-state index in [0.29, 0.717) is 31.4 Å². The Labute approximate surface area is 130 Å². The number of sulfonamides is 1. The summed E-state index contributed by atoms with van der Waals surface area (Å²) < 4.78 is 38.7. The third kappa shape index (κ3) is 4.04. The van der Waals surface area contributed by atoms with Crippen molar-refractivity contribution in [3.05, 3.63) is 35.6 Å². The molecule has 1 amide bonds. The summed E-state index contributed by atoms with van der Waals surface area (Å²) in [6.45, 7) is 2.38. The third-order valence-corrected chi connectivity index (χ3v) is 5.76. The van der Waals surface area contributed by atoms with E-state index in [1.165, 1.54) is 16.4 Å². The van der Waals surface area contributed by atoms with E-state index in [0.717, 1.165) is 0 Å². The second kappa shape index (κ2) is 7.19. The molecule has 1 N–H and O–H groups in total. The molecule has 22 heavy (non-hydrogen) atoms. The van der Waals surface area contributed by atoms with Gasteiger partial charge in [0, 0.05) is 13.1 Å². The summed E-state index contributed by atoms with van der Waals surface area (Å²) in [7, 11) is -3.38. The summed E-state index contributed by atoms with van der Waals surface area (Å²) in [4.78, 5) is 12.3. The molecule has 1 heterocycles. The standard InChI is InChI=1S/C15H21FN2O3S/c1-2-9-22(20,21)18-8-4-7-14(18)15(19)17-11-12-5-3-6-13(16)10-12/h3,5-6,10,14H,2,4,7-9,11H2,1H3,(H,17,19). The number of carbonyl (C=O) groups is 1. The quantitative estimate of drug-likeness (QED) is 0.863. The first kappa shape index (κ1) is 16.9. The largest absolute Gasteiger partial charge is 0.351 e. The summed E-state index contributed by atoms with van der Waals surface area (Å²) in [6.07, 6.45) is 1.73. The fourth-order valence-corrected chi connectivity index (χ4v) is 4.41. The fraction of sp³-hybridized carbons (Fsp3) is 0.533. The number of halogens is 1. The Balaban J connectivity index is 1.99. The summed E-state index contributed by atoms with van der Waals surface area (Å²) in [5.74, 6) is -0.623. The molecule has 1 aromatic rings. The van der Waals surface area contributed by atoms with Crippen molar-refractivity contribution in [1.29, 1.82) is 0 Å². The highest BCUT2D eigenvalue weighted by molar-refractivity contribution is 7.89. The fourth-order valence-electron chi connectivity index (χ4n) is 2.66. The maximum absolute atomic E-state index is 13.1. The molecule has 1 fully saturated rings. The lowest BCUT2D eigenvalue weighted by Gasteiger charge is -2.23. The number of carbonyl (C=O) groups excluding carboxylic acids is 1. The summed E-state index contributed by atoms with van der Waals surface area (Å²) >= 11 is 0. The molecule has 0 saturated carbocycles. The van der Waals surface area contributed by atoms with Crippen LogP contribution in [0.3, 0.4) is 0 Å². The van der Waals surface area contributed by atoms with Gasteiger partial charge in [0.15, 0.2) is 0 Å². The van der Waals surface area contributed by atoms with Crippen LogP contribution in [0.1, 0.15) is 31.7 Å². The van der Waals surface area contributed by atoms with Gasteiger partial charge in [0.25, 0.3) is 0 Å². The van der Waals surface area contributed by atoms with Crippen molar-refractivity contribution in [2.45, 2.75) is 38.8 Å². The Morgan fingerprint density at radius 2 is 2.23 bits per heavy atom. The van der Waals surface area contributed by atoms with Crippen molar-refractivity contribution in [2.24, 2.45) is 0 Å². The molecule has 2 rings (SSSR count). The zero-order valence-corrected chi connectivity index (χ0v) is 13.4. The van der Waals surface area contributed by atoms with Crippen molar-refractivity contribution in [3.63, 3.8) is 0 Å². The van der Waals surface area contributed by atoms with Crippen LogP contribution in [0.15, 0.2) is 24.3 Å². The van der Waals surface area contributed by atoms with Gasteiger partial charge in [-0.1, -0.05) is 19.1 Å². The number of nitrogens with zero attached hydrogens (tertiary/aromatic N) is 1. The molecule has 1 aliphatic heterocycles. The molecular formula is C15H21FN2O3S. The second-order valence-electron chi connectivity index (χ2n) is 5.43. The Bertz CT molecular complexity index is 633. The smallest absolute Gasteiger partial charge is 0.238 e. The molecule has 1 atom stereocenters. The van der Waals surface area contributed by atoms with Crippen LogP contribution in [0.2, 0.25) is 0 Å². The molecule has 1 aliphatic rings. The minimum absolute atomic E-state index is 0.0562.